The molecule has 3 aromatic rings. The van der Waals surface area contributed by atoms with Gasteiger partial charge < -0.3 is 14.5 Å². The number of fused-ring (bicyclic) bond motifs is 1. The molecular formula is C28H30N2O3S. The van der Waals surface area contributed by atoms with Gasteiger partial charge >= 0.3 is 0 Å². The summed E-state index contributed by atoms with van der Waals surface area (Å²) in [5, 5.41) is 2.11. The molecule has 1 aliphatic carbocycles. The van der Waals surface area contributed by atoms with Crippen molar-refractivity contribution in [2.45, 2.75) is 44.2 Å². The van der Waals surface area contributed by atoms with Gasteiger partial charge in [0.15, 0.2) is 0 Å². The van der Waals surface area contributed by atoms with Crippen LogP contribution in [0.1, 0.15) is 46.9 Å². The van der Waals surface area contributed by atoms with Crippen molar-refractivity contribution in [2.75, 3.05) is 20.2 Å². The lowest BCUT2D eigenvalue weighted by Gasteiger charge is -2.37. The number of rotatable bonds is 8. The number of aryl methyl sites for hydroxylation is 1. The van der Waals surface area contributed by atoms with Crippen LogP contribution in [0.15, 0.2) is 66.0 Å². The normalized spacial score (nSPS) is 17.2. The van der Waals surface area contributed by atoms with Crippen LogP contribution in [0.25, 0.3) is 0 Å². The van der Waals surface area contributed by atoms with Gasteiger partial charge in [0.1, 0.15) is 12.3 Å². The van der Waals surface area contributed by atoms with Crippen LogP contribution in [0, 0.1) is 0 Å². The fourth-order valence-corrected chi connectivity index (χ4v) is 5.72. The summed E-state index contributed by atoms with van der Waals surface area (Å²) >= 11 is 1.76. The zero-order valence-corrected chi connectivity index (χ0v) is 20.3. The molecule has 34 heavy (non-hydrogen) atoms. The van der Waals surface area contributed by atoms with Gasteiger partial charge in [0.2, 0.25) is 11.8 Å². The van der Waals surface area contributed by atoms with Crippen molar-refractivity contribution in [1.29, 1.82) is 0 Å². The lowest BCUT2D eigenvalue weighted by atomic mass is 9.93. The fourth-order valence-electron chi connectivity index (χ4n) is 4.81. The number of methoxy groups -OCH3 is 1. The molecule has 1 fully saturated rings. The van der Waals surface area contributed by atoms with E-state index in [9.17, 15) is 9.59 Å². The number of thiophene rings is 1. The Balaban J connectivity index is 1.33. The summed E-state index contributed by atoms with van der Waals surface area (Å²) in [5.74, 6) is 0.901. The quantitative estimate of drug-likeness (QED) is 0.469. The molecule has 0 bridgehead atoms. The Kier molecular flexibility index (Phi) is 6.68. The Labute approximate surface area is 205 Å². The van der Waals surface area contributed by atoms with Crippen LogP contribution in [-0.2, 0) is 22.4 Å². The van der Waals surface area contributed by atoms with Crippen molar-refractivity contribution in [3.05, 3.63) is 87.6 Å². The topological polar surface area (TPSA) is 49.9 Å². The monoisotopic (exact) mass is 474 g/mol. The van der Waals surface area contributed by atoms with E-state index in [4.69, 9.17) is 4.74 Å². The van der Waals surface area contributed by atoms with Crippen molar-refractivity contribution in [3.63, 3.8) is 0 Å². The van der Waals surface area contributed by atoms with E-state index in [1.54, 1.807) is 18.4 Å². The van der Waals surface area contributed by atoms with E-state index in [0.717, 1.165) is 36.1 Å². The van der Waals surface area contributed by atoms with Gasteiger partial charge in [0, 0.05) is 23.9 Å². The average Bonchev–Trinajstić information content (AvgIpc) is 3.61. The molecule has 0 saturated heterocycles. The van der Waals surface area contributed by atoms with E-state index in [2.05, 4.69) is 11.4 Å². The van der Waals surface area contributed by atoms with Crippen LogP contribution in [-0.4, -0.2) is 47.9 Å². The van der Waals surface area contributed by atoms with Crippen LogP contribution < -0.4 is 4.74 Å². The molecule has 1 unspecified atom stereocenters. The van der Waals surface area contributed by atoms with Crippen LogP contribution in [0.4, 0.5) is 0 Å². The Bertz CT molecular complexity index is 1140. The molecule has 1 aromatic heterocycles. The fraction of sp³-hybridized carbons (Fsp3) is 0.357. The van der Waals surface area contributed by atoms with Crippen molar-refractivity contribution in [3.8, 4) is 5.75 Å². The molecule has 5 rings (SSSR count). The van der Waals surface area contributed by atoms with Crippen LogP contribution >= 0.6 is 11.3 Å². The zero-order chi connectivity index (χ0) is 23.5. The van der Waals surface area contributed by atoms with Crippen molar-refractivity contribution >= 4 is 23.2 Å². The number of ether oxygens (including phenoxy) is 1. The van der Waals surface area contributed by atoms with E-state index in [1.165, 1.54) is 10.4 Å². The molecule has 5 nitrogen and oxygen atoms in total. The molecule has 0 radical (unpaired) electrons. The van der Waals surface area contributed by atoms with Gasteiger partial charge in [-0.2, -0.15) is 0 Å². The Morgan fingerprint density at radius 3 is 2.53 bits per heavy atom. The maximum Gasteiger partial charge on any atom is 0.243 e. The van der Waals surface area contributed by atoms with Crippen molar-refractivity contribution in [1.82, 2.24) is 9.80 Å². The molecule has 2 aliphatic rings. The van der Waals surface area contributed by atoms with Gasteiger partial charge in [-0.25, -0.2) is 0 Å². The van der Waals surface area contributed by atoms with Crippen molar-refractivity contribution in [2.24, 2.45) is 0 Å². The van der Waals surface area contributed by atoms with Crippen LogP contribution in [0.3, 0.4) is 0 Å². The molecule has 2 heterocycles. The third-order valence-corrected chi connectivity index (χ3v) is 7.80. The third-order valence-electron chi connectivity index (χ3n) is 6.80. The second-order valence-corrected chi connectivity index (χ2v) is 10.1. The summed E-state index contributed by atoms with van der Waals surface area (Å²) in [6, 6.07) is 20.3. The smallest absolute Gasteiger partial charge is 0.243 e. The molecule has 2 aromatic carbocycles. The minimum Gasteiger partial charge on any atom is -0.497 e. The number of benzene rings is 2. The van der Waals surface area contributed by atoms with E-state index in [-0.39, 0.29) is 30.4 Å². The molecule has 0 spiro atoms. The predicted octanol–water partition coefficient (Wildman–Crippen LogP) is 4.85. The number of carbonyl (C=O) groups is 2. The van der Waals surface area contributed by atoms with Gasteiger partial charge in [-0.05, 0) is 66.0 Å². The lowest BCUT2D eigenvalue weighted by Crippen LogP contribution is -2.47. The Morgan fingerprint density at radius 1 is 1.06 bits per heavy atom. The first kappa shape index (κ1) is 22.7. The maximum atomic E-state index is 13.7. The predicted molar refractivity (Wildman–Crippen MR) is 134 cm³/mol. The Hall–Kier alpha value is -3.12. The highest BCUT2D eigenvalue weighted by Gasteiger charge is 2.38. The first-order chi connectivity index (χ1) is 16.6. The SMILES string of the molecule is COc1ccc(C2c3ccsc3CCN2C(=O)CN(C(=O)CCc2ccccc2)C2CC2)cc1. The minimum absolute atomic E-state index is 0.0256. The second-order valence-electron chi connectivity index (χ2n) is 9.05. The van der Waals surface area contributed by atoms with E-state index in [0.29, 0.717) is 19.4 Å². The highest BCUT2D eigenvalue weighted by molar-refractivity contribution is 7.10. The molecule has 1 atom stereocenters. The average molecular weight is 475 g/mol. The summed E-state index contributed by atoms with van der Waals surface area (Å²) in [6.45, 7) is 0.824. The molecule has 0 N–H and O–H groups in total. The summed E-state index contributed by atoms with van der Waals surface area (Å²) in [4.78, 5) is 31.9. The third kappa shape index (κ3) is 4.87. The van der Waals surface area contributed by atoms with Crippen molar-refractivity contribution < 1.29 is 14.3 Å². The number of carbonyl (C=O) groups excluding carboxylic acids is 2. The number of hydrogen-bond acceptors (Lipinski definition) is 4. The van der Waals surface area contributed by atoms with E-state index >= 15 is 0 Å². The summed E-state index contributed by atoms with van der Waals surface area (Å²) in [7, 11) is 1.66. The molecule has 6 heteroatoms. The van der Waals surface area contributed by atoms with Gasteiger partial charge in [-0.15, -0.1) is 11.3 Å². The number of hydrogen-bond donors (Lipinski definition) is 0. The highest BCUT2D eigenvalue weighted by Crippen LogP contribution is 2.38. The van der Waals surface area contributed by atoms with E-state index < -0.39 is 0 Å². The number of nitrogens with zero attached hydrogens (tertiary/aromatic N) is 2. The van der Waals surface area contributed by atoms with E-state index in [1.807, 2.05) is 64.4 Å². The maximum absolute atomic E-state index is 13.7. The summed E-state index contributed by atoms with van der Waals surface area (Å²) in [5.41, 5.74) is 3.42. The molecule has 176 valence electrons. The molecular weight excluding hydrogens is 444 g/mol. The van der Waals surface area contributed by atoms with Crippen LogP contribution in [0.2, 0.25) is 0 Å². The lowest BCUT2D eigenvalue weighted by molar-refractivity contribution is -0.142. The Morgan fingerprint density at radius 2 is 1.82 bits per heavy atom. The van der Waals surface area contributed by atoms with Gasteiger partial charge in [0.05, 0.1) is 13.2 Å². The minimum atomic E-state index is -0.131. The molecule has 1 saturated carbocycles. The number of amides is 2. The summed E-state index contributed by atoms with van der Waals surface area (Å²) < 4.78 is 5.33. The van der Waals surface area contributed by atoms with Gasteiger partial charge in [0.25, 0.3) is 0 Å². The first-order valence-electron chi connectivity index (χ1n) is 12.0. The highest BCUT2D eigenvalue weighted by atomic mass is 32.1. The zero-order valence-electron chi connectivity index (χ0n) is 19.5. The molecule has 2 amide bonds. The molecule has 1 aliphatic heterocycles. The second kappa shape index (κ2) is 10.0. The largest absolute Gasteiger partial charge is 0.497 e. The first-order valence-corrected chi connectivity index (χ1v) is 12.8. The standard InChI is InChI=1S/C28H30N2O3S/c1-33-23-12-8-21(9-13-23)28-24-16-18-34-25(24)15-17-29(28)27(32)19-30(22-10-11-22)26(31)14-7-20-5-3-2-4-6-20/h2-6,8-9,12-13,16,18,22,28H,7,10-11,14-15,17,19H2,1H3. The van der Waals surface area contributed by atoms with Gasteiger partial charge in [-0.3, -0.25) is 9.59 Å². The van der Waals surface area contributed by atoms with Crippen LogP contribution in [0.5, 0.6) is 5.75 Å². The summed E-state index contributed by atoms with van der Waals surface area (Å²) in [6.07, 6.45) is 3.97. The van der Waals surface area contributed by atoms with Gasteiger partial charge in [-0.1, -0.05) is 42.5 Å².